The lowest BCUT2D eigenvalue weighted by Crippen LogP contribution is -2.29. The molecule has 8 heteroatoms. The lowest BCUT2D eigenvalue weighted by molar-refractivity contribution is 0.102. The van der Waals surface area contributed by atoms with Crippen LogP contribution in [0.15, 0.2) is 77.8 Å². The fourth-order valence-corrected chi connectivity index (χ4v) is 5.30. The van der Waals surface area contributed by atoms with E-state index in [0.29, 0.717) is 29.9 Å². The summed E-state index contributed by atoms with van der Waals surface area (Å²) in [6.07, 6.45) is 2.34. The Morgan fingerprint density at radius 1 is 1.03 bits per heavy atom. The maximum atomic E-state index is 13.3. The lowest BCUT2D eigenvalue weighted by atomic mass is 10.2. The van der Waals surface area contributed by atoms with Gasteiger partial charge >= 0.3 is 0 Å². The van der Waals surface area contributed by atoms with Crippen molar-refractivity contribution in [1.29, 1.82) is 0 Å². The van der Waals surface area contributed by atoms with Gasteiger partial charge in [0.05, 0.1) is 28.0 Å². The molecule has 0 atom stereocenters. The minimum absolute atomic E-state index is 0.0894. The number of anilines is 2. The summed E-state index contributed by atoms with van der Waals surface area (Å²) in [6, 6.07) is 19.1. The van der Waals surface area contributed by atoms with Gasteiger partial charge in [0, 0.05) is 17.5 Å². The highest BCUT2D eigenvalue weighted by atomic mass is 32.2. The molecule has 1 aliphatic rings. The van der Waals surface area contributed by atoms with Crippen LogP contribution in [-0.4, -0.2) is 31.1 Å². The minimum atomic E-state index is -3.77. The van der Waals surface area contributed by atoms with Gasteiger partial charge in [-0.15, -0.1) is 0 Å². The second-order valence-corrected chi connectivity index (χ2v) is 8.94. The number of hydrogen-bond donors (Lipinski definition) is 2. The zero-order valence-electron chi connectivity index (χ0n) is 15.9. The molecule has 0 unspecified atom stereocenters. The molecule has 7 nitrogen and oxygen atoms in total. The second kappa shape index (κ2) is 7.00. The van der Waals surface area contributed by atoms with Gasteiger partial charge in [0.2, 0.25) is 0 Å². The first-order valence-corrected chi connectivity index (χ1v) is 10.9. The molecule has 5 rings (SSSR count). The number of H-pyrrole nitrogens is 1. The molecule has 4 aromatic rings. The van der Waals surface area contributed by atoms with Crippen LogP contribution in [0, 0.1) is 0 Å². The van der Waals surface area contributed by atoms with Crippen LogP contribution in [-0.2, 0) is 16.4 Å². The summed E-state index contributed by atoms with van der Waals surface area (Å²) in [6.45, 7) is 0.389. The number of carbonyl (C=O) groups is 1. The summed E-state index contributed by atoms with van der Waals surface area (Å²) in [5.41, 5.74) is 3.25. The van der Waals surface area contributed by atoms with Gasteiger partial charge in [0.25, 0.3) is 15.9 Å². The molecule has 0 fully saturated rings. The van der Waals surface area contributed by atoms with Crippen molar-refractivity contribution in [3.8, 4) is 0 Å². The molecule has 0 spiro atoms. The van der Waals surface area contributed by atoms with Crippen molar-refractivity contribution in [3.05, 3.63) is 84.1 Å². The molecule has 150 valence electrons. The van der Waals surface area contributed by atoms with Gasteiger partial charge in [-0.05, 0) is 42.3 Å². The Bertz CT molecular complexity index is 1380. The Hall–Kier alpha value is -3.65. The molecule has 2 heterocycles. The van der Waals surface area contributed by atoms with Crippen LogP contribution in [0.25, 0.3) is 10.9 Å². The standard InChI is InChI=1S/C22H18N4O3S/c27-22(24-19-9-4-7-17-14-23-25-21(17)19)16-6-3-8-18(13-16)30(28,29)26-12-11-15-5-1-2-10-20(15)26/h1-10,13-14H,11-12H2,(H,23,25)(H,24,27). The van der Waals surface area contributed by atoms with Crippen molar-refractivity contribution >= 4 is 38.2 Å². The van der Waals surface area contributed by atoms with Crippen LogP contribution < -0.4 is 9.62 Å². The van der Waals surface area contributed by atoms with E-state index in [2.05, 4.69) is 15.5 Å². The van der Waals surface area contributed by atoms with Crippen molar-refractivity contribution in [2.45, 2.75) is 11.3 Å². The van der Waals surface area contributed by atoms with E-state index in [0.717, 1.165) is 10.9 Å². The fraction of sp³-hybridized carbons (Fsp3) is 0.0909. The molecule has 1 aromatic heterocycles. The Kier molecular flexibility index (Phi) is 4.29. The maximum absolute atomic E-state index is 13.3. The molecule has 0 saturated carbocycles. The summed E-state index contributed by atoms with van der Waals surface area (Å²) in [5, 5.41) is 10.6. The monoisotopic (exact) mass is 418 g/mol. The molecule has 2 N–H and O–H groups in total. The highest BCUT2D eigenvalue weighted by Crippen LogP contribution is 2.33. The van der Waals surface area contributed by atoms with Crippen LogP contribution in [0.5, 0.6) is 0 Å². The molecule has 3 aromatic carbocycles. The predicted octanol–water partition coefficient (Wildman–Crippen LogP) is 3.57. The third-order valence-electron chi connectivity index (χ3n) is 5.25. The van der Waals surface area contributed by atoms with Crippen LogP contribution in [0.1, 0.15) is 15.9 Å². The number of para-hydroxylation sites is 2. The summed E-state index contributed by atoms with van der Waals surface area (Å²) in [4.78, 5) is 12.9. The molecular formula is C22H18N4O3S. The van der Waals surface area contributed by atoms with E-state index in [-0.39, 0.29) is 10.5 Å². The number of nitrogens with one attached hydrogen (secondary N) is 2. The molecule has 1 aliphatic heterocycles. The first-order valence-electron chi connectivity index (χ1n) is 9.48. The predicted molar refractivity (Wildman–Crippen MR) is 115 cm³/mol. The van der Waals surface area contributed by atoms with Crippen molar-refractivity contribution in [3.63, 3.8) is 0 Å². The molecule has 1 amide bonds. The molecule has 0 saturated heterocycles. The molecule has 0 radical (unpaired) electrons. The van der Waals surface area contributed by atoms with E-state index in [9.17, 15) is 13.2 Å². The molecule has 0 bridgehead atoms. The van der Waals surface area contributed by atoms with Crippen molar-refractivity contribution in [1.82, 2.24) is 10.2 Å². The topological polar surface area (TPSA) is 95.2 Å². The summed E-state index contributed by atoms with van der Waals surface area (Å²) >= 11 is 0. The SMILES string of the molecule is O=C(Nc1cccc2cn[nH]c12)c1cccc(S(=O)(=O)N2CCc3ccccc32)c1. The van der Waals surface area contributed by atoms with E-state index in [1.54, 1.807) is 24.4 Å². The number of aromatic amines is 1. The van der Waals surface area contributed by atoms with E-state index >= 15 is 0 Å². The van der Waals surface area contributed by atoms with Crippen molar-refractivity contribution < 1.29 is 13.2 Å². The summed E-state index contributed by atoms with van der Waals surface area (Å²) in [7, 11) is -3.77. The second-order valence-electron chi connectivity index (χ2n) is 7.08. The average molecular weight is 418 g/mol. The molecule has 30 heavy (non-hydrogen) atoms. The van der Waals surface area contributed by atoms with Gasteiger partial charge < -0.3 is 5.32 Å². The van der Waals surface area contributed by atoms with Crippen molar-refractivity contribution in [2.75, 3.05) is 16.2 Å². The van der Waals surface area contributed by atoms with Crippen LogP contribution in [0.3, 0.4) is 0 Å². The number of amides is 1. The number of hydrogen-bond acceptors (Lipinski definition) is 4. The summed E-state index contributed by atoms with van der Waals surface area (Å²) in [5.74, 6) is -0.393. The largest absolute Gasteiger partial charge is 0.320 e. The van der Waals surface area contributed by atoms with Gasteiger partial charge in [0.1, 0.15) is 0 Å². The number of carbonyl (C=O) groups excluding carboxylic acids is 1. The number of sulfonamides is 1. The van der Waals surface area contributed by atoms with E-state index in [1.165, 1.54) is 16.4 Å². The quantitative estimate of drug-likeness (QED) is 0.530. The van der Waals surface area contributed by atoms with Gasteiger partial charge in [-0.25, -0.2) is 8.42 Å². The first-order chi connectivity index (χ1) is 14.5. The molecule has 0 aliphatic carbocycles. The number of fused-ring (bicyclic) bond motifs is 2. The Balaban J connectivity index is 1.46. The highest BCUT2D eigenvalue weighted by Gasteiger charge is 2.31. The zero-order valence-corrected chi connectivity index (χ0v) is 16.7. The van der Waals surface area contributed by atoms with Crippen molar-refractivity contribution in [2.24, 2.45) is 0 Å². The Morgan fingerprint density at radius 3 is 2.77 bits per heavy atom. The van der Waals surface area contributed by atoms with Gasteiger partial charge in [-0.1, -0.05) is 36.4 Å². The Morgan fingerprint density at radius 2 is 1.87 bits per heavy atom. The first kappa shape index (κ1) is 18.4. The van der Waals surface area contributed by atoms with Crippen LogP contribution >= 0.6 is 0 Å². The third kappa shape index (κ3) is 3.02. The molecular weight excluding hydrogens is 400 g/mol. The third-order valence-corrected chi connectivity index (χ3v) is 7.06. The maximum Gasteiger partial charge on any atom is 0.264 e. The smallest absolute Gasteiger partial charge is 0.264 e. The van der Waals surface area contributed by atoms with E-state index in [1.807, 2.05) is 36.4 Å². The normalized spacial score (nSPS) is 13.4. The Labute approximate surface area is 173 Å². The van der Waals surface area contributed by atoms with Gasteiger partial charge in [-0.3, -0.25) is 14.2 Å². The number of rotatable bonds is 4. The average Bonchev–Trinajstić information content (AvgIpc) is 3.41. The number of benzene rings is 3. The van der Waals surface area contributed by atoms with Gasteiger partial charge in [-0.2, -0.15) is 5.10 Å². The van der Waals surface area contributed by atoms with Crippen LogP contribution in [0.2, 0.25) is 0 Å². The van der Waals surface area contributed by atoms with Crippen LogP contribution in [0.4, 0.5) is 11.4 Å². The highest BCUT2D eigenvalue weighted by molar-refractivity contribution is 7.92. The summed E-state index contributed by atoms with van der Waals surface area (Å²) < 4.78 is 27.9. The zero-order chi connectivity index (χ0) is 20.7. The lowest BCUT2D eigenvalue weighted by Gasteiger charge is -2.20. The van der Waals surface area contributed by atoms with E-state index < -0.39 is 15.9 Å². The minimum Gasteiger partial charge on any atom is -0.320 e. The fourth-order valence-electron chi connectivity index (χ4n) is 3.75. The number of aromatic nitrogens is 2. The van der Waals surface area contributed by atoms with E-state index in [4.69, 9.17) is 0 Å². The van der Waals surface area contributed by atoms with Gasteiger partial charge in [0.15, 0.2) is 0 Å². The number of nitrogens with zero attached hydrogens (tertiary/aromatic N) is 2.